The number of aromatic amines is 1. The fraction of sp³-hybridized carbons (Fsp3) is 0.583. The minimum atomic E-state index is -0.537. The molecule has 0 radical (unpaired) electrons. The molecule has 7 heteroatoms. The van der Waals surface area contributed by atoms with E-state index in [1.54, 1.807) is 6.92 Å². The number of likely N-dealkylation sites (tertiary alicyclic amines) is 1. The van der Waals surface area contributed by atoms with Crippen molar-refractivity contribution in [3.8, 4) is 0 Å². The fourth-order valence-electron chi connectivity index (χ4n) is 2.59. The first-order chi connectivity index (χ1) is 8.95. The van der Waals surface area contributed by atoms with Crippen molar-refractivity contribution in [2.75, 3.05) is 6.61 Å². The van der Waals surface area contributed by atoms with Gasteiger partial charge in [0.05, 0.1) is 12.6 Å². The average molecular weight is 267 g/mol. The number of nitrogens with zero attached hydrogens (tertiary/aromatic N) is 2. The number of carbonyl (C=O) groups is 1. The molecular formula is C12H17N3O4. The van der Waals surface area contributed by atoms with Crippen LogP contribution >= 0.6 is 0 Å². The number of hydrogen-bond acceptors (Lipinski definition) is 4. The van der Waals surface area contributed by atoms with Crippen molar-refractivity contribution in [1.29, 1.82) is 0 Å². The summed E-state index contributed by atoms with van der Waals surface area (Å²) in [6.07, 6.45) is 2.22. The van der Waals surface area contributed by atoms with E-state index in [-0.39, 0.29) is 18.6 Å². The normalized spacial score (nSPS) is 22.8. The Balaban J connectivity index is 2.47. The summed E-state index contributed by atoms with van der Waals surface area (Å²) in [7, 11) is 0. The maximum absolute atomic E-state index is 11.8. The van der Waals surface area contributed by atoms with Gasteiger partial charge in [-0.1, -0.05) is 0 Å². The van der Waals surface area contributed by atoms with Crippen molar-refractivity contribution >= 4 is 5.91 Å². The van der Waals surface area contributed by atoms with Crippen molar-refractivity contribution in [2.45, 2.75) is 38.9 Å². The third-order valence-corrected chi connectivity index (χ3v) is 3.51. The van der Waals surface area contributed by atoms with Crippen LogP contribution in [0.15, 0.2) is 15.8 Å². The van der Waals surface area contributed by atoms with E-state index < -0.39 is 17.4 Å². The summed E-state index contributed by atoms with van der Waals surface area (Å²) in [6, 6.07) is -0.276. The van der Waals surface area contributed by atoms with Gasteiger partial charge in [0.2, 0.25) is 5.91 Å². The molecule has 2 atom stereocenters. The highest BCUT2D eigenvalue weighted by Gasteiger charge is 2.36. The van der Waals surface area contributed by atoms with Gasteiger partial charge in [-0.2, -0.15) is 0 Å². The summed E-state index contributed by atoms with van der Waals surface area (Å²) in [5, 5.41) is 9.28. The summed E-state index contributed by atoms with van der Waals surface area (Å²) < 4.78 is 1.35. The molecule has 19 heavy (non-hydrogen) atoms. The van der Waals surface area contributed by atoms with Gasteiger partial charge in [-0.3, -0.25) is 19.1 Å². The molecule has 0 spiro atoms. The summed E-state index contributed by atoms with van der Waals surface area (Å²) in [4.78, 5) is 38.6. The van der Waals surface area contributed by atoms with Gasteiger partial charge >= 0.3 is 5.69 Å². The Morgan fingerprint density at radius 2 is 2.16 bits per heavy atom. The molecular weight excluding hydrogens is 250 g/mol. The lowest BCUT2D eigenvalue weighted by atomic mass is 10.2. The van der Waals surface area contributed by atoms with Crippen LogP contribution in [0.3, 0.4) is 0 Å². The second-order valence-electron chi connectivity index (χ2n) is 4.80. The SMILES string of the molecule is CC(=O)N1[C@@H](CO)CC[C@@H]1n1cc(C)c(=O)[nH]c1=O. The van der Waals surface area contributed by atoms with Gasteiger partial charge in [-0.15, -0.1) is 0 Å². The lowest BCUT2D eigenvalue weighted by Crippen LogP contribution is -2.44. The van der Waals surface area contributed by atoms with Crippen LogP contribution in [0.1, 0.15) is 31.5 Å². The molecule has 2 heterocycles. The van der Waals surface area contributed by atoms with Crippen LogP contribution < -0.4 is 11.2 Å². The third-order valence-electron chi connectivity index (χ3n) is 3.51. The number of aryl methyl sites for hydroxylation is 1. The second-order valence-corrected chi connectivity index (χ2v) is 4.80. The van der Waals surface area contributed by atoms with E-state index in [1.165, 1.54) is 22.6 Å². The van der Waals surface area contributed by atoms with E-state index in [0.717, 1.165) is 0 Å². The van der Waals surface area contributed by atoms with E-state index in [0.29, 0.717) is 18.4 Å². The van der Waals surface area contributed by atoms with Crippen LogP contribution in [0.25, 0.3) is 0 Å². The maximum Gasteiger partial charge on any atom is 0.330 e. The summed E-state index contributed by atoms with van der Waals surface area (Å²) in [6.45, 7) is 2.88. The standard InChI is InChI=1S/C12H17N3O4/c1-7-5-14(12(19)13-11(7)18)10-4-3-9(6-16)15(10)8(2)17/h5,9-10,16H,3-4,6H2,1-2H3,(H,13,18,19)/t9-,10-/m1/s1. The smallest absolute Gasteiger partial charge is 0.330 e. The van der Waals surface area contributed by atoms with Crippen LogP contribution in [0.5, 0.6) is 0 Å². The number of aliphatic hydroxyl groups is 1. The Morgan fingerprint density at radius 3 is 2.74 bits per heavy atom. The summed E-state index contributed by atoms with van der Waals surface area (Å²) >= 11 is 0. The average Bonchev–Trinajstić information content (AvgIpc) is 2.77. The number of rotatable bonds is 2. The predicted molar refractivity (Wildman–Crippen MR) is 67.7 cm³/mol. The van der Waals surface area contributed by atoms with Gasteiger partial charge in [0.1, 0.15) is 6.17 Å². The minimum Gasteiger partial charge on any atom is -0.394 e. The highest BCUT2D eigenvalue weighted by Crippen LogP contribution is 2.30. The van der Waals surface area contributed by atoms with Crippen molar-refractivity contribution in [2.24, 2.45) is 0 Å². The van der Waals surface area contributed by atoms with Crippen molar-refractivity contribution in [3.05, 3.63) is 32.6 Å². The summed E-state index contributed by atoms with van der Waals surface area (Å²) in [5.74, 6) is -0.197. The van der Waals surface area contributed by atoms with Crippen molar-refractivity contribution < 1.29 is 9.90 Å². The number of hydrogen-bond donors (Lipinski definition) is 2. The molecule has 1 aromatic rings. The first kappa shape index (κ1) is 13.5. The highest BCUT2D eigenvalue weighted by atomic mass is 16.3. The molecule has 1 amide bonds. The van der Waals surface area contributed by atoms with Crippen LogP contribution in [0.2, 0.25) is 0 Å². The van der Waals surface area contributed by atoms with E-state index in [4.69, 9.17) is 0 Å². The summed E-state index contributed by atoms with van der Waals surface area (Å²) in [5.41, 5.74) is -0.548. The molecule has 2 N–H and O–H groups in total. The molecule has 0 aromatic carbocycles. The first-order valence-corrected chi connectivity index (χ1v) is 6.17. The Labute approximate surface area is 109 Å². The number of aromatic nitrogens is 2. The lowest BCUT2D eigenvalue weighted by Gasteiger charge is -2.29. The van der Waals surface area contributed by atoms with Crippen molar-refractivity contribution in [1.82, 2.24) is 14.5 Å². The zero-order valence-electron chi connectivity index (χ0n) is 10.9. The van der Waals surface area contributed by atoms with E-state index in [2.05, 4.69) is 4.98 Å². The molecule has 1 aromatic heterocycles. The number of aliphatic hydroxyl groups excluding tert-OH is 1. The third kappa shape index (κ3) is 2.33. The van der Waals surface area contributed by atoms with E-state index >= 15 is 0 Å². The van der Waals surface area contributed by atoms with Gasteiger partial charge in [-0.25, -0.2) is 4.79 Å². The molecule has 1 aliphatic heterocycles. The molecule has 0 saturated carbocycles. The van der Waals surface area contributed by atoms with Gasteiger partial charge in [-0.05, 0) is 19.8 Å². The largest absolute Gasteiger partial charge is 0.394 e. The zero-order chi connectivity index (χ0) is 14.2. The predicted octanol–water partition coefficient (Wildman–Crippen LogP) is -0.653. The fourth-order valence-corrected chi connectivity index (χ4v) is 2.59. The zero-order valence-corrected chi connectivity index (χ0v) is 10.9. The first-order valence-electron chi connectivity index (χ1n) is 6.17. The topological polar surface area (TPSA) is 95.4 Å². The van der Waals surface area contributed by atoms with E-state index in [1.807, 2.05) is 0 Å². The van der Waals surface area contributed by atoms with Gasteiger partial charge in [0.25, 0.3) is 5.56 Å². The highest BCUT2D eigenvalue weighted by molar-refractivity contribution is 5.74. The van der Waals surface area contributed by atoms with Crippen LogP contribution in [0.4, 0.5) is 0 Å². The van der Waals surface area contributed by atoms with Crippen molar-refractivity contribution in [3.63, 3.8) is 0 Å². The molecule has 0 unspecified atom stereocenters. The van der Waals surface area contributed by atoms with Crippen LogP contribution in [0, 0.1) is 6.92 Å². The Kier molecular flexibility index (Phi) is 3.57. The van der Waals surface area contributed by atoms with E-state index in [9.17, 15) is 19.5 Å². The minimum absolute atomic E-state index is 0.132. The molecule has 1 aliphatic rings. The van der Waals surface area contributed by atoms with Gasteiger partial charge in [0.15, 0.2) is 0 Å². The Morgan fingerprint density at radius 1 is 1.47 bits per heavy atom. The molecule has 0 aliphatic carbocycles. The monoisotopic (exact) mass is 267 g/mol. The Hall–Kier alpha value is -1.89. The molecule has 1 fully saturated rings. The second kappa shape index (κ2) is 5.00. The molecule has 7 nitrogen and oxygen atoms in total. The maximum atomic E-state index is 11.8. The van der Waals surface area contributed by atoms with Gasteiger partial charge < -0.3 is 10.0 Å². The lowest BCUT2D eigenvalue weighted by molar-refractivity contribution is -0.134. The van der Waals surface area contributed by atoms with Gasteiger partial charge in [0, 0.05) is 18.7 Å². The van der Waals surface area contributed by atoms with Crippen LogP contribution in [-0.2, 0) is 4.79 Å². The Bertz CT molecular complexity index is 604. The molecule has 104 valence electrons. The number of nitrogens with one attached hydrogen (secondary N) is 1. The molecule has 1 saturated heterocycles. The number of carbonyl (C=O) groups excluding carboxylic acids is 1. The quantitative estimate of drug-likeness (QED) is 0.744. The molecule has 2 rings (SSSR count). The van der Waals surface area contributed by atoms with Crippen LogP contribution in [-0.4, -0.2) is 38.1 Å². The number of H-pyrrole nitrogens is 1. The molecule has 0 bridgehead atoms. The number of amides is 1.